The van der Waals surface area contributed by atoms with Crippen molar-refractivity contribution in [3.63, 3.8) is 0 Å². The summed E-state index contributed by atoms with van der Waals surface area (Å²) < 4.78 is 10.2. The summed E-state index contributed by atoms with van der Waals surface area (Å²) in [4.78, 5) is 12.1. The Bertz CT molecular complexity index is 633. The van der Waals surface area contributed by atoms with Crippen molar-refractivity contribution in [3.05, 3.63) is 45.8 Å². The maximum absolute atomic E-state index is 12.1. The van der Waals surface area contributed by atoms with Gasteiger partial charge in [-0.3, -0.25) is 4.79 Å². The summed E-state index contributed by atoms with van der Waals surface area (Å²) in [6, 6.07) is 4.92. The van der Waals surface area contributed by atoms with Gasteiger partial charge in [0, 0.05) is 17.7 Å². The highest BCUT2D eigenvalue weighted by Gasteiger charge is 2.11. The van der Waals surface area contributed by atoms with Crippen LogP contribution in [0.5, 0.6) is 5.75 Å². The first kappa shape index (κ1) is 15.4. The molecule has 0 fully saturated rings. The summed E-state index contributed by atoms with van der Waals surface area (Å²) in [6.45, 7) is 4.26. The molecule has 1 amide bonds. The van der Waals surface area contributed by atoms with Crippen LogP contribution < -0.4 is 10.1 Å². The molecule has 0 spiro atoms. The molecule has 0 saturated carbocycles. The smallest absolute Gasteiger partial charge is 0.251 e. The zero-order valence-corrected chi connectivity index (χ0v) is 13.0. The van der Waals surface area contributed by atoms with Crippen LogP contribution in [0.15, 0.2) is 22.7 Å². The SMILES string of the molecule is COc1cc(C(=O)NCCc2c(C)noc2C)ccc1Cl. The average Bonchev–Trinajstić information content (AvgIpc) is 2.79. The van der Waals surface area contributed by atoms with Gasteiger partial charge < -0.3 is 14.6 Å². The Morgan fingerprint density at radius 1 is 1.43 bits per heavy atom. The molecular formula is C15H17ClN2O3. The molecule has 2 aromatic rings. The molecule has 0 atom stereocenters. The quantitative estimate of drug-likeness (QED) is 0.922. The summed E-state index contributed by atoms with van der Waals surface area (Å²) in [5.41, 5.74) is 2.40. The van der Waals surface area contributed by atoms with Crippen LogP contribution in [0.1, 0.15) is 27.4 Å². The van der Waals surface area contributed by atoms with Crippen molar-refractivity contribution >= 4 is 17.5 Å². The third kappa shape index (κ3) is 3.55. The van der Waals surface area contributed by atoms with E-state index < -0.39 is 0 Å². The van der Waals surface area contributed by atoms with Gasteiger partial charge in [0.25, 0.3) is 5.91 Å². The van der Waals surface area contributed by atoms with Gasteiger partial charge in [-0.15, -0.1) is 0 Å². The number of carbonyl (C=O) groups excluding carboxylic acids is 1. The number of hydrogen-bond donors (Lipinski definition) is 1. The third-order valence-electron chi connectivity index (χ3n) is 3.26. The van der Waals surface area contributed by atoms with Gasteiger partial charge in [0.05, 0.1) is 17.8 Å². The largest absolute Gasteiger partial charge is 0.495 e. The minimum Gasteiger partial charge on any atom is -0.495 e. The normalized spacial score (nSPS) is 10.5. The van der Waals surface area contributed by atoms with Crippen molar-refractivity contribution in [2.75, 3.05) is 13.7 Å². The number of methoxy groups -OCH3 is 1. The van der Waals surface area contributed by atoms with Gasteiger partial charge in [0.2, 0.25) is 0 Å². The Morgan fingerprint density at radius 3 is 2.81 bits per heavy atom. The van der Waals surface area contributed by atoms with E-state index in [-0.39, 0.29) is 5.91 Å². The highest BCUT2D eigenvalue weighted by atomic mass is 35.5. The van der Waals surface area contributed by atoms with Gasteiger partial charge >= 0.3 is 0 Å². The molecule has 21 heavy (non-hydrogen) atoms. The van der Waals surface area contributed by atoms with E-state index in [0.29, 0.717) is 29.3 Å². The van der Waals surface area contributed by atoms with Gasteiger partial charge in [-0.25, -0.2) is 0 Å². The number of rotatable bonds is 5. The Hall–Kier alpha value is -2.01. The standard InChI is InChI=1S/C15H17ClN2O3/c1-9-12(10(2)21-18-9)6-7-17-15(19)11-4-5-13(16)14(8-11)20-3/h4-5,8H,6-7H2,1-3H3,(H,17,19). The van der Waals surface area contributed by atoms with E-state index in [9.17, 15) is 4.79 Å². The van der Waals surface area contributed by atoms with E-state index in [1.165, 1.54) is 7.11 Å². The molecule has 0 unspecified atom stereocenters. The molecule has 1 N–H and O–H groups in total. The summed E-state index contributed by atoms with van der Waals surface area (Å²) in [6.07, 6.45) is 0.678. The zero-order chi connectivity index (χ0) is 15.4. The lowest BCUT2D eigenvalue weighted by atomic mass is 10.1. The van der Waals surface area contributed by atoms with E-state index in [2.05, 4.69) is 10.5 Å². The van der Waals surface area contributed by atoms with Crippen LogP contribution in [0.4, 0.5) is 0 Å². The fourth-order valence-corrected chi connectivity index (χ4v) is 2.26. The van der Waals surface area contributed by atoms with E-state index in [4.69, 9.17) is 20.9 Å². The summed E-state index contributed by atoms with van der Waals surface area (Å²) in [7, 11) is 1.51. The Labute approximate surface area is 128 Å². The first-order valence-corrected chi connectivity index (χ1v) is 6.94. The van der Waals surface area contributed by atoms with Gasteiger partial charge in [-0.05, 0) is 38.5 Å². The van der Waals surface area contributed by atoms with Crippen molar-refractivity contribution in [2.45, 2.75) is 20.3 Å². The number of ether oxygens (including phenoxy) is 1. The Morgan fingerprint density at radius 2 is 2.19 bits per heavy atom. The monoisotopic (exact) mass is 308 g/mol. The van der Waals surface area contributed by atoms with Crippen molar-refractivity contribution in [3.8, 4) is 5.75 Å². The Balaban J connectivity index is 1.96. The first-order valence-electron chi connectivity index (χ1n) is 6.56. The minimum absolute atomic E-state index is 0.170. The molecule has 1 aromatic heterocycles. The predicted octanol–water partition coefficient (Wildman–Crippen LogP) is 2.93. The van der Waals surface area contributed by atoms with Crippen molar-refractivity contribution in [1.29, 1.82) is 0 Å². The summed E-state index contributed by atoms with van der Waals surface area (Å²) in [5.74, 6) is 1.10. The lowest BCUT2D eigenvalue weighted by molar-refractivity contribution is 0.0953. The number of benzene rings is 1. The van der Waals surface area contributed by atoms with E-state index in [0.717, 1.165) is 17.0 Å². The number of hydrogen-bond acceptors (Lipinski definition) is 4. The van der Waals surface area contributed by atoms with Crippen LogP contribution in [-0.2, 0) is 6.42 Å². The van der Waals surface area contributed by atoms with E-state index in [1.807, 2.05) is 13.8 Å². The van der Waals surface area contributed by atoms with Crippen LogP contribution in [0.2, 0.25) is 5.02 Å². The zero-order valence-electron chi connectivity index (χ0n) is 12.2. The Kier molecular flexibility index (Phi) is 4.85. The first-order chi connectivity index (χ1) is 10.0. The van der Waals surface area contributed by atoms with Crippen molar-refractivity contribution in [2.24, 2.45) is 0 Å². The number of amides is 1. The summed E-state index contributed by atoms with van der Waals surface area (Å²) in [5, 5.41) is 7.22. The number of nitrogens with one attached hydrogen (secondary N) is 1. The molecule has 1 aromatic carbocycles. The average molecular weight is 309 g/mol. The van der Waals surface area contributed by atoms with Gasteiger partial charge in [-0.1, -0.05) is 16.8 Å². The lowest BCUT2D eigenvalue weighted by Gasteiger charge is -2.08. The maximum atomic E-state index is 12.1. The third-order valence-corrected chi connectivity index (χ3v) is 3.57. The molecule has 2 rings (SSSR count). The number of aryl methyl sites for hydroxylation is 2. The fourth-order valence-electron chi connectivity index (χ4n) is 2.06. The lowest BCUT2D eigenvalue weighted by Crippen LogP contribution is -2.25. The van der Waals surface area contributed by atoms with E-state index >= 15 is 0 Å². The second-order valence-corrected chi connectivity index (χ2v) is 5.07. The highest BCUT2D eigenvalue weighted by Crippen LogP contribution is 2.24. The molecule has 1 heterocycles. The maximum Gasteiger partial charge on any atom is 0.251 e. The van der Waals surface area contributed by atoms with Crippen LogP contribution in [0, 0.1) is 13.8 Å². The molecule has 0 saturated heterocycles. The molecule has 0 bridgehead atoms. The van der Waals surface area contributed by atoms with E-state index in [1.54, 1.807) is 18.2 Å². The molecule has 0 aliphatic rings. The second-order valence-electron chi connectivity index (χ2n) is 4.66. The van der Waals surface area contributed by atoms with Crippen LogP contribution in [0.3, 0.4) is 0 Å². The number of carbonyl (C=O) groups is 1. The second kappa shape index (κ2) is 6.63. The molecular weight excluding hydrogens is 292 g/mol. The van der Waals surface area contributed by atoms with Crippen LogP contribution >= 0.6 is 11.6 Å². The molecule has 5 nitrogen and oxygen atoms in total. The van der Waals surface area contributed by atoms with Gasteiger partial charge in [0.15, 0.2) is 0 Å². The number of aromatic nitrogens is 1. The number of halogens is 1. The van der Waals surface area contributed by atoms with Crippen molar-refractivity contribution in [1.82, 2.24) is 10.5 Å². The van der Waals surface area contributed by atoms with Crippen LogP contribution in [0.25, 0.3) is 0 Å². The number of nitrogens with zero attached hydrogens (tertiary/aromatic N) is 1. The van der Waals surface area contributed by atoms with Gasteiger partial charge in [0.1, 0.15) is 11.5 Å². The fraction of sp³-hybridized carbons (Fsp3) is 0.333. The molecule has 0 aliphatic heterocycles. The molecule has 112 valence electrons. The van der Waals surface area contributed by atoms with Gasteiger partial charge in [-0.2, -0.15) is 0 Å². The predicted molar refractivity (Wildman–Crippen MR) is 80.0 cm³/mol. The minimum atomic E-state index is -0.170. The highest BCUT2D eigenvalue weighted by molar-refractivity contribution is 6.32. The van der Waals surface area contributed by atoms with Crippen molar-refractivity contribution < 1.29 is 14.1 Å². The topological polar surface area (TPSA) is 64.4 Å². The summed E-state index contributed by atoms with van der Waals surface area (Å²) >= 11 is 5.93. The molecule has 6 heteroatoms. The van der Waals surface area contributed by atoms with Crippen LogP contribution in [-0.4, -0.2) is 24.7 Å². The molecule has 0 radical (unpaired) electrons. The molecule has 0 aliphatic carbocycles.